The van der Waals surface area contributed by atoms with E-state index in [9.17, 15) is 4.79 Å². The third kappa shape index (κ3) is 4.23. The van der Waals surface area contributed by atoms with Gasteiger partial charge in [-0.2, -0.15) is 0 Å². The minimum absolute atomic E-state index is 0.164. The lowest BCUT2D eigenvalue weighted by molar-refractivity contribution is -0.122. The molecule has 0 saturated heterocycles. The van der Waals surface area contributed by atoms with Gasteiger partial charge in [-0.05, 0) is 49.2 Å². The van der Waals surface area contributed by atoms with Gasteiger partial charge in [0.05, 0.1) is 0 Å². The summed E-state index contributed by atoms with van der Waals surface area (Å²) in [5, 5.41) is 3.47. The number of carbonyl (C=O) groups excluding carboxylic acids is 1. The van der Waals surface area contributed by atoms with E-state index in [4.69, 9.17) is 16.3 Å². The van der Waals surface area contributed by atoms with Crippen LogP contribution in [0.1, 0.15) is 18.9 Å². The number of rotatable bonds is 5. The second-order valence-corrected chi connectivity index (χ2v) is 5.21. The lowest BCUT2D eigenvalue weighted by Gasteiger charge is -2.18. The molecule has 0 aliphatic rings. The van der Waals surface area contributed by atoms with E-state index >= 15 is 0 Å². The maximum absolute atomic E-state index is 12.3. The van der Waals surface area contributed by atoms with E-state index in [1.807, 2.05) is 38.1 Å². The minimum atomic E-state index is -0.526. The Hall–Kier alpha value is -2.00. The molecule has 0 saturated carbocycles. The molecule has 0 spiro atoms. The molecule has 1 amide bonds. The molecule has 2 aromatic rings. The van der Waals surface area contributed by atoms with E-state index in [0.717, 1.165) is 11.3 Å². The Labute approximate surface area is 129 Å². The molecular formula is C17H18ClNO2. The van der Waals surface area contributed by atoms with Crippen molar-refractivity contribution in [2.45, 2.75) is 26.4 Å². The normalized spacial score (nSPS) is 11.8. The van der Waals surface area contributed by atoms with Crippen molar-refractivity contribution in [3.63, 3.8) is 0 Å². The Kier molecular flexibility index (Phi) is 5.23. The fourth-order valence-electron chi connectivity index (χ4n) is 1.92. The summed E-state index contributed by atoms with van der Waals surface area (Å²) in [5.74, 6) is 0.568. The van der Waals surface area contributed by atoms with Gasteiger partial charge in [-0.3, -0.25) is 4.79 Å². The van der Waals surface area contributed by atoms with Crippen molar-refractivity contribution >= 4 is 23.2 Å². The van der Waals surface area contributed by atoms with Gasteiger partial charge in [-0.15, -0.1) is 0 Å². The minimum Gasteiger partial charge on any atom is -0.480 e. The number of para-hydroxylation sites is 1. The molecule has 0 bridgehead atoms. The zero-order chi connectivity index (χ0) is 15.2. The molecule has 1 N–H and O–H groups in total. The highest BCUT2D eigenvalue weighted by molar-refractivity contribution is 6.30. The largest absolute Gasteiger partial charge is 0.480 e. The number of halogens is 1. The van der Waals surface area contributed by atoms with E-state index < -0.39 is 6.10 Å². The zero-order valence-corrected chi connectivity index (χ0v) is 12.9. The number of benzene rings is 2. The average molecular weight is 304 g/mol. The SMILES string of the molecule is CC[C@H](Oc1ccccc1C)C(=O)Nc1ccc(Cl)cc1. The highest BCUT2D eigenvalue weighted by Gasteiger charge is 2.19. The first-order chi connectivity index (χ1) is 10.1. The average Bonchev–Trinajstić information content (AvgIpc) is 2.48. The van der Waals surface area contributed by atoms with Gasteiger partial charge in [0.15, 0.2) is 6.10 Å². The Balaban J connectivity index is 2.05. The Morgan fingerprint density at radius 3 is 2.48 bits per heavy atom. The number of hydrogen-bond donors (Lipinski definition) is 1. The van der Waals surface area contributed by atoms with Gasteiger partial charge < -0.3 is 10.1 Å². The van der Waals surface area contributed by atoms with Gasteiger partial charge in [0, 0.05) is 10.7 Å². The first-order valence-electron chi connectivity index (χ1n) is 6.89. The maximum Gasteiger partial charge on any atom is 0.265 e. The van der Waals surface area contributed by atoms with Crippen molar-refractivity contribution in [1.82, 2.24) is 0 Å². The molecule has 0 radical (unpaired) electrons. The smallest absolute Gasteiger partial charge is 0.265 e. The van der Waals surface area contributed by atoms with Crippen LogP contribution >= 0.6 is 11.6 Å². The number of amides is 1. The lowest BCUT2D eigenvalue weighted by Crippen LogP contribution is -2.32. The van der Waals surface area contributed by atoms with Crippen LogP contribution in [0.15, 0.2) is 48.5 Å². The van der Waals surface area contributed by atoms with Gasteiger partial charge in [-0.1, -0.05) is 36.7 Å². The summed E-state index contributed by atoms with van der Waals surface area (Å²) in [5.41, 5.74) is 1.71. The molecule has 2 aromatic carbocycles. The van der Waals surface area contributed by atoms with Crippen molar-refractivity contribution in [2.75, 3.05) is 5.32 Å². The van der Waals surface area contributed by atoms with E-state index in [2.05, 4.69) is 5.32 Å². The molecule has 1 atom stereocenters. The van der Waals surface area contributed by atoms with Crippen LogP contribution < -0.4 is 10.1 Å². The number of ether oxygens (including phenoxy) is 1. The van der Waals surface area contributed by atoms with Crippen LogP contribution in [0.25, 0.3) is 0 Å². The predicted octanol–water partition coefficient (Wildman–Crippen LogP) is 4.44. The molecule has 4 heteroatoms. The summed E-state index contributed by atoms with van der Waals surface area (Å²) in [7, 11) is 0. The molecule has 21 heavy (non-hydrogen) atoms. The van der Waals surface area contributed by atoms with Crippen molar-refractivity contribution < 1.29 is 9.53 Å². The van der Waals surface area contributed by atoms with Crippen molar-refractivity contribution in [3.05, 3.63) is 59.1 Å². The maximum atomic E-state index is 12.3. The summed E-state index contributed by atoms with van der Waals surface area (Å²) >= 11 is 5.83. The number of carbonyl (C=O) groups is 1. The first-order valence-corrected chi connectivity index (χ1v) is 7.26. The van der Waals surface area contributed by atoms with Gasteiger partial charge in [0.1, 0.15) is 5.75 Å². The predicted molar refractivity (Wildman–Crippen MR) is 86.0 cm³/mol. The monoisotopic (exact) mass is 303 g/mol. The quantitative estimate of drug-likeness (QED) is 0.886. The Morgan fingerprint density at radius 2 is 1.86 bits per heavy atom. The van der Waals surface area contributed by atoms with Gasteiger partial charge in [0.2, 0.25) is 0 Å². The van der Waals surface area contributed by atoms with Crippen LogP contribution in [0.4, 0.5) is 5.69 Å². The van der Waals surface area contributed by atoms with E-state index in [1.54, 1.807) is 24.3 Å². The first kappa shape index (κ1) is 15.4. The third-order valence-corrected chi connectivity index (χ3v) is 3.39. The second kappa shape index (κ2) is 7.14. The Morgan fingerprint density at radius 1 is 1.19 bits per heavy atom. The van der Waals surface area contributed by atoms with Crippen molar-refractivity contribution in [2.24, 2.45) is 0 Å². The summed E-state index contributed by atoms with van der Waals surface area (Å²) in [6.45, 7) is 3.88. The lowest BCUT2D eigenvalue weighted by atomic mass is 10.2. The molecule has 110 valence electrons. The molecule has 3 nitrogen and oxygen atoms in total. The van der Waals surface area contributed by atoms with Crippen LogP contribution in [0, 0.1) is 6.92 Å². The topological polar surface area (TPSA) is 38.3 Å². The van der Waals surface area contributed by atoms with Crippen LogP contribution in [-0.4, -0.2) is 12.0 Å². The standard InChI is InChI=1S/C17H18ClNO2/c1-3-15(21-16-7-5-4-6-12(16)2)17(20)19-14-10-8-13(18)9-11-14/h4-11,15H,3H2,1-2H3,(H,19,20)/t15-/m0/s1. The number of anilines is 1. The molecule has 0 aliphatic carbocycles. The zero-order valence-electron chi connectivity index (χ0n) is 12.1. The number of nitrogens with one attached hydrogen (secondary N) is 1. The highest BCUT2D eigenvalue weighted by Crippen LogP contribution is 2.20. The summed E-state index contributed by atoms with van der Waals surface area (Å²) in [6.07, 6.45) is 0.0649. The molecule has 0 heterocycles. The second-order valence-electron chi connectivity index (χ2n) is 4.78. The van der Waals surface area contributed by atoms with Crippen LogP contribution in [0.3, 0.4) is 0 Å². The fraction of sp³-hybridized carbons (Fsp3) is 0.235. The van der Waals surface area contributed by atoms with Gasteiger partial charge >= 0.3 is 0 Å². The van der Waals surface area contributed by atoms with Crippen LogP contribution in [0.5, 0.6) is 5.75 Å². The molecule has 0 aromatic heterocycles. The molecule has 0 unspecified atom stereocenters. The van der Waals surface area contributed by atoms with Gasteiger partial charge in [-0.25, -0.2) is 0 Å². The fourth-order valence-corrected chi connectivity index (χ4v) is 2.05. The highest BCUT2D eigenvalue weighted by atomic mass is 35.5. The number of hydrogen-bond acceptors (Lipinski definition) is 2. The molecule has 2 rings (SSSR count). The van der Waals surface area contributed by atoms with Crippen molar-refractivity contribution in [3.8, 4) is 5.75 Å². The third-order valence-electron chi connectivity index (χ3n) is 3.14. The summed E-state index contributed by atoms with van der Waals surface area (Å²) < 4.78 is 5.81. The summed E-state index contributed by atoms with van der Waals surface area (Å²) in [4.78, 5) is 12.3. The van der Waals surface area contributed by atoms with Crippen LogP contribution in [0.2, 0.25) is 5.02 Å². The Bertz CT molecular complexity index is 610. The van der Waals surface area contributed by atoms with E-state index in [-0.39, 0.29) is 5.91 Å². The van der Waals surface area contributed by atoms with Crippen molar-refractivity contribution in [1.29, 1.82) is 0 Å². The van der Waals surface area contributed by atoms with Crippen LogP contribution in [-0.2, 0) is 4.79 Å². The molecular weight excluding hydrogens is 286 g/mol. The van der Waals surface area contributed by atoms with Gasteiger partial charge in [0.25, 0.3) is 5.91 Å². The number of aryl methyl sites for hydroxylation is 1. The van der Waals surface area contributed by atoms with E-state index in [1.165, 1.54) is 0 Å². The molecule has 0 aliphatic heterocycles. The molecule has 0 fully saturated rings. The van der Waals surface area contributed by atoms with E-state index in [0.29, 0.717) is 17.1 Å². The summed E-state index contributed by atoms with van der Waals surface area (Å²) in [6, 6.07) is 14.7.